The Kier molecular flexibility index (Phi) is 4.86. The second-order valence-electron chi connectivity index (χ2n) is 6.64. The van der Waals surface area contributed by atoms with E-state index in [-0.39, 0.29) is 11.5 Å². The van der Waals surface area contributed by atoms with Crippen LogP contribution in [-0.2, 0) is 18.9 Å². The molecular weight excluding hydrogens is 272 g/mol. The van der Waals surface area contributed by atoms with Gasteiger partial charge in [0, 0.05) is 52.3 Å². The molecule has 3 saturated heterocycles. The van der Waals surface area contributed by atoms with Crippen LogP contribution in [0.1, 0.15) is 39.0 Å². The van der Waals surface area contributed by atoms with E-state index >= 15 is 0 Å². The van der Waals surface area contributed by atoms with Gasteiger partial charge in [-0.1, -0.05) is 0 Å². The monoisotopic (exact) mass is 300 g/mol. The van der Waals surface area contributed by atoms with Gasteiger partial charge < -0.3 is 24.1 Å². The Morgan fingerprint density at radius 3 is 2.57 bits per heavy atom. The molecule has 122 valence electrons. The molecule has 3 aliphatic rings. The summed E-state index contributed by atoms with van der Waals surface area (Å²) in [5.41, 5.74) is -0.599. The molecular formula is C16H28O5. The summed E-state index contributed by atoms with van der Waals surface area (Å²) in [4.78, 5) is 0. The van der Waals surface area contributed by atoms with Crippen LogP contribution in [0.3, 0.4) is 0 Å². The van der Waals surface area contributed by atoms with Crippen molar-refractivity contribution in [2.75, 3.05) is 39.6 Å². The highest BCUT2D eigenvalue weighted by molar-refractivity contribution is 4.99. The molecule has 1 N–H and O–H groups in total. The molecule has 0 radical (unpaired) electrons. The number of hydrogen-bond acceptors (Lipinski definition) is 5. The molecule has 0 bridgehead atoms. The van der Waals surface area contributed by atoms with Gasteiger partial charge in [0.25, 0.3) is 0 Å². The van der Waals surface area contributed by atoms with Gasteiger partial charge in [0.2, 0.25) is 0 Å². The predicted molar refractivity (Wildman–Crippen MR) is 77.3 cm³/mol. The van der Waals surface area contributed by atoms with Gasteiger partial charge >= 0.3 is 0 Å². The highest BCUT2D eigenvalue weighted by Crippen LogP contribution is 2.42. The Balaban J connectivity index is 1.71. The van der Waals surface area contributed by atoms with E-state index in [0.29, 0.717) is 33.0 Å². The molecule has 3 fully saturated rings. The first-order chi connectivity index (χ1) is 10.2. The zero-order valence-electron chi connectivity index (χ0n) is 13.0. The van der Waals surface area contributed by atoms with Gasteiger partial charge in [-0.25, -0.2) is 0 Å². The maximum Gasteiger partial charge on any atom is 0.0986 e. The molecule has 0 aromatic heterocycles. The summed E-state index contributed by atoms with van der Waals surface area (Å²) < 4.78 is 23.0. The Bertz CT molecular complexity index is 328. The number of ether oxygens (including phenoxy) is 4. The zero-order valence-corrected chi connectivity index (χ0v) is 13.0. The normalized spacial score (nSPS) is 37.7. The van der Waals surface area contributed by atoms with Gasteiger partial charge in [0.1, 0.15) is 0 Å². The molecule has 0 amide bonds. The summed E-state index contributed by atoms with van der Waals surface area (Å²) in [7, 11) is 0. The van der Waals surface area contributed by atoms with Crippen LogP contribution >= 0.6 is 0 Å². The maximum absolute atomic E-state index is 11.0. The van der Waals surface area contributed by atoms with Crippen molar-refractivity contribution in [2.45, 2.75) is 56.3 Å². The van der Waals surface area contributed by atoms with Crippen LogP contribution in [0.5, 0.6) is 0 Å². The van der Waals surface area contributed by atoms with E-state index in [1.807, 2.05) is 6.92 Å². The lowest BCUT2D eigenvalue weighted by atomic mass is 9.74. The largest absolute Gasteiger partial charge is 0.390 e. The molecule has 3 rings (SSSR count). The van der Waals surface area contributed by atoms with E-state index < -0.39 is 11.7 Å². The van der Waals surface area contributed by atoms with Crippen LogP contribution in [0, 0.1) is 5.92 Å². The van der Waals surface area contributed by atoms with Crippen molar-refractivity contribution in [3.8, 4) is 0 Å². The van der Waals surface area contributed by atoms with E-state index in [9.17, 15) is 5.11 Å². The molecule has 3 aliphatic heterocycles. The van der Waals surface area contributed by atoms with Crippen LogP contribution < -0.4 is 0 Å². The molecule has 21 heavy (non-hydrogen) atoms. The third kappa shape index (κ3) is 3.13. The SMILES string of the molecule is CCOC1(C(O)C2CCOC3(CCOC3)C2)CCOCC1. The number of aliphatic hydroxyl groups excluding tert-OH is 1. The van der Waals surface area contributed by atoms with Crippen molar-refractivity contribution in [3.63, 3.8) is 0 Å². The summed E-state index contributed by atoms with van der Waals surface area (Å²) in [6, 6.07) is 0. The number of hydrogen-bond donors (Lipinski definition) is 1. The van der Waals surface area contributed by atoms with E-state index in [1.54, 1.807) is 0 Å². The summed E-state index contributed by atoms with van der Waals surface area (Å²) >= 11 is 0. The first-order valence-electron chi connectivity index (χ1n) is 8.31. The molecule has 5 nitrogen and oxygen atoms in total. The molecule has 3 atom stereocenters. The highest BCUT2D eigenvalue weighted by atomic mass is 16.6. The Morgan fingerprint density at radius 2 is 1.90 bits per heavy atom. The Hall–Kier alpha value is -0.200. The second-order valence-corrected chi connectivity index (χ2v) is 6.64. The van der Waals surface area contributed by atoms with Gasteiger partial charge in [-0.05, 0) is 25.7 Å². The van der Waals surface area contributed by atoms with Gasteiger partial charge in [-0.15, -0.1) is 0 Å². The Labute approximate surface area is 126 Å². The first kappa shape index (κ1) is 15.7. The quantitative estimate of drug-likeness (QED) is 0.853. The fraction of sp³-hybridized carbons (Fsp3) is 1.00. The minimum absolute atomic E-state index is 0.164. The van der Waals surface area contributed by atoms with E-state index in [0.717, 1.165) is 38.7 Å². The van der Waals surface area contributed by atoms with Crippen molar-refractivity contribution >= 4 is 0 Å². The van der Waals surface area contributed by atoms with Crippen molar-refractivity contribution in [2.24, 2.45) is 5.92 Å². The predicted octanol–water partition coefficient (Wildman–Crippen LogP) is 1.52. The third-order valence-corrected chi connectivity index (χ3v) is 5.35. The minimum Gasteiger partial charge on any atom is -0.390 e. The van der Waals surface area contributed by atoms with Crippen LogP contribution in [0.2, 0.25) is 0 Å². The summed E-state index contributed by atoms with van der Waals surface area (Å²) in [6.07, 6.45) is 3.84. The fourth-order valence-corrected chi connectivity index (χ4v) is 4.16. The lowest BCUT2D eigenvalue weighted by Gasteiger charge is -2.47. The topological polar surface area (TPSA) is 57.2 Å². The first-order valence-corrected chi connectivity index (χ1v) is 8.31. The van der Waals surface area contributed by atoms with Gasteiger partial charge in [0.05, 0.1) is 23.9 Å². The molecule has 0 saturated carbocycles. The average molecular weight is 300 g/mol. The Morgan fingerprint density at radius 1 is 1.14 bits per heavy atom. The van der Waals surface area contributed by atoms with Gasteiger partial charge in [0.15, 0.2) is 0 Å². The average Bonchev–Trinajstić information content (AvgIpc) is 2.95. The van der Waals surface area contributed by atoms with E-state index in [1.165, 1.54) is 0 Å². The number of aliphatic hydroxyl groups is 1. The highest BCUT2D eigenvalue weighted by Gasteiger charge is 2.49. The zero-order chi connectivity index (χ0) is 14.8. The van der Waals surface area contributed by atoms with E-state index in [4.69, 9.17) is 18.9 Å². The summed E-state index contributed by atoms with van der Waals surface area (Å²) in [6.45, 7) is 6.13. The lowest BCUT2D eigenvalue weighted by Crippen LogP contribution is -2.55. The summed E-state index contributed by atoms with van der Waals surface area (Å²) in [5, 5.41) is 11.0. The fourth-order valence-electron chi connectivity index (χ4n) is 4.16. The molecule has 0 aromatic carbocycles. The van der Waals surface area contributed by atoms with Crippen LogP contribution in [0.15, 0.2) is 0 Å². The van der Waals surface area contributed by atoms with Crippen LogP contribution in [0.25, 0.3) is 0 Å². The molecule has 1 spiro atoms. The second kappa shape index (κ2) is 6.50. The van der Waals surface area contributed by atoms with Crippen molar-refractivity contribution in [1.82, 2.24) is 0 Å². The van der Waals surface area contributed by atoms with Gasteiger partial charge in [-0.3, -0.25) is 0 Å². The minimum atomic E-state index is -0.442. The van der Waals surface area contributed by atoms with Gasteiger partial charge in [-0.2, -0.15) is 0 Å². The molecule has 0 aromatic rings. The van der Waals surface area contributed by atoms with Crippen LogP contribution in [-0.4, -0.2) is 62.1 Å². The van der Waals surface area contributed by atoms with Crippen LogP contribution in [0.4, 0.5) is 0 Å². The number of rotatable bonds is 4. The maximum atomic E-state index is 11.0. The molecule has 0 aliphatic carbocycles. The lowest BCUT2D eigenvalue weighted by molar-refractivity contribution is -0.200. The molecule has 5 heteroatoms. The summed E-state index contributed by atoms with van der Waals surface area (Å²) in [5.74, 6) is 0.227. The molecule has 3 unspecified atom stereocenters. The van der Waals surface area contributed by atoms with Crippen molar-refractivity contribution in [1.29, 1.82) is 0 Å². The standard InChI is InChI=1S/C16H28O5/c1-2-20-16(5-9-18-10-6-16)14(17)13-3-7-21-15(11-13)4-8-19-12-15/h13-14,17H,2-12H2,1H3. The van der Waals surface area contributed by atoms with Crippen molar-refractivity contribution < 1.29 is 24.1 Å². The van der Waals surface area contributed by atoms with E-state index in [2.05, 4.69) is 0 Å². The third-order valence-electron chi connectivity index (χ3n) is 5.35. The molecule has 3 heterocycles. The van der Waals surface area contributed by atoms with Crippen molar-refractivity contribution in [3.05, 3.63) is 0 Å². The smallest absolute Gasteiger partial charge is 0.0986 e.